The number of benzene rings is 1. The van der Waals surface area contributed by atoms with E-state index < -0.39 is 11.4 Å². The van der Waals surface area contributed by atoms with E-state index >= 15 is 0 Å². The molecule has 0 saturated carbocycles. The van der Waals surface area contributed by atoms with E-state index in [1.54, 1.807) is 0 Å². The van der Waals surface area contributed by atoms with E-state index in [-0.39, 0.29) is 4.75 Å². The first-order chi connectivity index (χ1) is 7.84. The first kappa shape index (κ1) is 14.6. The topological polar surface area (TPSA) is 35.4 Å². The van der Waals surface area contributed by atoms with Crippen molar-refractivity contribution in [2.45, 2.75) is 38.9 Å². The Bertz CT molecular complexity index is 412. The zero-order chi connectivity index (χ0) is 13.1. The molecule has 0 amide bonds. The van der Waals surface area contributed by atoms with Crippen LogP contribution in [0.3, 0.4) is 0 Å². The fourth-order valence-corrected chi connectivity index (χ4v) is 2.13. The maximum Gasteiger partial charge on any atom is 0.144 e. The Morgan fingerprint density at radius 2 is 2.06 bits per heavy atom. The standard InChI is InChI=1S/C13H18ClNOS/c1-5-12(15-17(16)13(2,3)4)10-7-6-8-11(14)9-10/h6-9H,5H2,1-4H3/b15-12+. The zero-order valence-corrected chi connectivity index (χ0v) is 12.2. The van der Waals surface area contributed by atoms with Crippen molar-refractivity contribution in [3.05, 3.63) is 34.9 Å². The highest BCUT2D eigenvalue weighted by Gasteiger charge is 2.27. The molecule has 0 bridgehead atoms. The van der Waals surface area contributed by atoms with E-state index in [2.05, 4.69) is 4.40 Å². The fraction of sp³-hybridized carbons (Fsp3) is 0.462. The molecular weight excluding hydrogens is 254 g/mol. The van der Waals surface area contributed by atoms with Gasteiger partial charge in [-0.2, -0.15) is 0 Å². The first-order valence-electron chi connectivity index (χ1n) is 5.60. The summed E-state index contributed by atoms with van der Waals surface area (Å²) in [7, 11) is 0. The molecule has 0 fully saturated rings. The third-order valence-corrected chi connectivity index (χ3v) is 3.88. The van der Waals surface area contributed by atoms with Crippen molar-refractivity contribution in [2.75, 3.05) is 0 Å². The third-order valence-electron chi connectivity index (χ3n) is 2.21. The second-order valence-electron chi connectivity index (χ2n) is 4.76. The van der Waals surface area contributed by atoms with Gasteiger partial charge in [0, 0.05) is 10.6 Å². The van der Waals surface area contributed by atoms with Crippen LogP contribution >= 0.6 is 11.6 Å². The lowest BCUT2D eigenvalue weighted by Gasteiger charge is -2.19. The maximum atomic E-state index is 12.0. The minimum Gasteiger partial charge on any atom is -0.591 e. The van der Waals surface area contributed by atoms with Gasteiger partial charge in [-0.3, -0.25) is 0 Å². The van der Waals surface area contributed by atoms with Gasteiger partial charge in [0.15, 0.2) is 0 Å². The van der Waals surface area contributed by atoms with E-state index in [0.717, 1.165) is 17.7 Å². The van der Waals surface area contributed by atoms with E-state index in [1.165, 1.54) is 0 Å². The number of hydrogen-bond acceptors (Lipinski definition) is 2. The molecule has 4 heteroatoms. The second kappa shape index (κ2) is 5.89. The quantitative estimate of drug-likeness (QED) is 0.604. The molecular formula is C13H18ClNOS. The lowest BCUT2D eigenvalue weighted by Crippen LogP contribution is -2.27. The van der Waals surface area contributed by atoms with Gasteiger partial charge in [-0.1, -0.05) is 35.1 Å². The highest BCUT2D eigenvalue weighted by atomic mass is 35.5. The largest absolute Gasteiger partial charge is 0.591 e. The van der Waals surface area contributed by atoms with Gasteiger partial charge in [0.2, 0.25) is 0 Å². The molecule has 0 aliphatic rings. The second-order valence-corrected chi connectivity index (χ2v) is 7.11. The number of hydrogen-bond donors (Lipinski definition) is 0. The van der Waals surface area contributed by atoms with Crippen LogP contribution in [0, 0.1) is 0 Å². The molecule has 2 nitrogen and oxygen atoms in total. The Labute approximate surface area is 111 Å². The van der Waals surface area contributed by atoms with Crippen molar-refractivity contribution in [1.82, 2.24) is 0 Å². The molecule has 0 aromatic heterocycles. The molecule has 1 aromatic rings. The van der Waals surface area contributed by atoms with Crippen molar-refractivity contribution in [1.29, 1.82) is 0 Å². The average molecular weight is 272 g/mol. The van der Waals surface area contributed by atoms with Gasteiger partial charge >= 0.3 is 0 Å². The van der Waals surface area contributed by atoms with Gasteiger partial charge in [-0.15, -0.1) is 0 Å². The van der Waals surface area contributed by atoms with Crippen LogP contribution < -0.4 is 0 Å². The lowest BCUT2D eigenvalue weighted by molar-refractivity contribution is 0.561. The molecule has 0 spiro atoms. The van der Waals surface area contributed by atoms with Crippen molar-refractivity contribution in [3.63, 3.8) is 0 Å². The molecule has 0 aliphatic carbocycles. The molecule has 1 aromatic carbocycles. The van der Waals surface area contributed by atoms with Crippen LogP contribution in [0.2, 0.25) is 5.02 Å². The Hall–Kier alpha value is -0.510. The average Bonchev–Trinajstić information content (AvgIpc) is 2.24. The van der Waals surface area contributed by atoms with Gasteiger partial charge in [-0.05, 0) is 39.3 Å². The number of halogens is 1. The Morgan fingerprint density at radius 3 is 2.53 bits per heavy atom. The van der Waals surface area contributed by atoms with Crippen LogP contribution in [0.15, 0.2) is 28.7 Å². The SMILES string of the molecule is CC/C(=N\[S+]([O-])C(C)(C)C)c1cccc(Cl)c1. The van der Waals surface area contributed by atoms with Crippen molar-refractivity contribution in [3.8, 4) is 0 Å². The molecule has 1 unspecified atom stereocenters. The van der Waals surface area contributed by atoms with Gasteiger partial charge in [0.05, 0.1) is 5.71 Å². The molecule has 0 saturated heterocycles. The molecule has 0 aliphatic heterocycles. The van der Waals surface area contributed by atoms with Crippen molar-refractivity contribution < 1.29 is 4.55 Å². The summed E-state index contributed by atoms with van der Waals surface area (Å²) in [5.41, 5.74) is 1.78. The predicted octanol–water partition coefficient (Wildman–Crippen LogP) is 4.00. The molecule has 1 atom stereocenters. The van der Waals surface area contributed by atoms with Crippen molar-refractivity contribution >= 4 is 28.7 Å². The number of nitrogens with zero attached hydrogens (tertiary/aromatic N) is 1. The van der Waals surface area contributed by atoms with Gasteiger partial charge in [0.1, 0.15) is 16.1 Å². The van der Waals surface area contributed by atoms with Crippen LogP contribution in [0.4, 0.5) is 0 Å². The lowest BCUT2D eigenvalue weighted by atomic mass is 10.1. The first-order valence-corrected chi connectivity index (χ1v) is 7.08. The highest BCUT2D eigenvalue weighted by Crippen LogP contribution is 2.20. The Kier molecular flexibility index (Phi) is 5.04. The smallest absolute Gasteiger partial charge is 0.144 e. The maximum absolute atomic E-state index is 12.0. The summed E-state index contributed by atoms with van der Waals surface area (Å²) in [5, 5.41) is 0.671. The minimum absolute atomic E-state index is 0.334. The fourth-order valence-electron chi connectivity index (χ4n) is 1.23. The predicted molar refractivity (Wildman–Crippen MR) is 76.2 cm³/mol. The third kappa shape index (κ3) is 4.34. The zero-order valence-electron chi connectivity index (χ0n) is 10.7. The summed E-state index contributed by atoms with van der Waals surface area (Å²) in [4.78, 5) is 0. The minimum atomic E-state index is -1.23. The van der Waals surface area contributed by atoms with E-state index in [4.69, 9.17) is 11.6 Å². The Balaban J connectivity index is 3.03. The monoisotopic (exact) mass is 271 g/mol. The van der Waals surface area contributed by atoms with Crippen LogP contribution in [0.1, 0.15) is 39.7 Å². The van der Waals surface area contributed by atoms with Crippen LogP contribution in [-0.2, 0) is 11.4 Å². The van der Waals surface area contributed by atoms with E-state index in [1.807, 2.05) is 52.0 Å². The molecule has 94 valence electrons. The molecule has 0 heterocycles. The normalized spacial score (nSPS) is 14.8. The summed E-state index contributed by atoms with van der Waals surface area (Å²) < 4.78 is 16.0. The van der Waals surface area contributed by atoms with Crippen LogP contribution in [-0.4, -0.2) is 15.0 Å². The highest BCUT2D eigenvalue weighted by molar-refractivity contribution is 7.91. The molecule has 0 N–H and O–H groups in total. The molecule has 0 radical (unpaired) electrons. The van der Waals surface area contributed by atoms with Crippen molar-refractivity contribution in [2.24, 2.45) is 4.40 Å². The van der Waals surface area contributed by atoms with Gasteiger partial charge in [-0.25, -0.2) is 0 Å². The van der Waals surface area contributed by atoms with Gasteiger partial charge < -0.3 is 4.55 Å². The number of rotatable bonds is 3. The van der Waals surface area contributed by atoms with E-state index in [0.29, 0.717) is 5.02 Å². The molecule has 1 rings (SSSR count). The Morgan fingerprint density at radius 1 is 1.41 bits per heavy atom. The van der Waals surface area contributed by atoms with Gasteiger partial charge in [0.25, 0.3) is 0 Å². The van der Waals surface area contributed by atoms with Crippen LogP contribution in [0.25, 0.3) is 0 Å². The molecule has 17 heavy (non-hydrogen) atoms. The van der Waals surface area contributed by atoms with Crippen LogP contribution in [0.5, 0.6) is 0 Å². The summed E-state index contributed by atoms with van der Waals surface area (Å²) in [6.45, 7) is 7.74. The summed E-state index contributed by atoms with van der Waals surface area (Å²) in [6, 6.07) is 7.49. The van der Waals surface area contributed by atoms with E-state index in [9.17, 15) is 4.55 Å². The summed E-state index contributed by atoms with van der Waals surface area (Å²) in [5.74, 6) is 0. The summed E-state index contributed by atoms with van der Waals surface area (Å²) >= 11 is 4.71. The summed E-state index contributed by atoms with van der Waals surface area (Å²) in [6.07, 6.45) is 0.738.